The van der Waals surface area contributed by atoms with Crippen LogP contribution in [0.25, 0.3) is 56.5 Å². The predicted molar refractivity (Wildman–Crippen MR) is 175 cm³/mol. The van der Waals surface area contributed by atoms with Gasteiger partial charge < -0.3 is 4.90 Å². The standard InChI is InChI=1S/C37H24N6/c1-5-13-33-25(9-1)16-17-26-18-19-28(43-39-31-11-3-4-12-32(31)40-43)24-35(26)41(33)27-20-21-30-29-10-2-6-14-34(29)42(36(30)23-27)37-15-7-8-22-38-37/h1-24H. The molecule has 0 saturated carbocycles. The maximum atomic E-state index is 4.77. The van der Waals surface area contributed by atoms with Gasteiger partial charge in [0.25, 0.3) is 0 Å². The van der Waals surface area contributed by atoms with Crippen LogP contribution in [0, 0.1) is 0 Å². The van der Waals surface area contributed by atoms with Gasteiger partial charge in [0, 0.05) is 22.7 Å². The summed E-state index contributed by atoms with van der Waals surface area (Å²) in [7, 11) is 0. The fraction of sp³-hybridized carbons (Fsp3) is 0. The molecule has 4 heterocycles. The predicted octanol–water partition coefficient (Wildman–Crippen LogP) is 8.87. The van der Waals surface area contributed by atoms with Crippen molar-refractivity contribution in [2.45, 2.75) is 0 Å². The Labute approximate surface area is 247 Å². The lowest BCUT2D eigenvalue weighted by molar-refractivity contribution is 0.765. The summed E-state index contributed by atoms with van der Waals surface area (Å²) in [4.78, 5) is 8.81. The molecule has 8 aromatic rings. The van der Waals surface area contributed by atoms with Crippen molar-refractivity contribution in [3.63, 3.8) is 0 Å². The molecule has 0 saturated heterocycles. The SMILES string of the molecule is C1=Cc2ccc(-n3nc4ccccc4n3)cc2N(c2ccc3c4ccccc4n(-c4ccccn4)c3c2)c2ccccc21. The number of anilines is 3. The Kier molecular flexibility index (Phi) is 5.10. The van der Waals surface area contributed by atoms with Gasteiger partial charge in [-0.1, -0.05) is 78.9 Å². The summed E-state index contributed by atoms with van der Waals surface area (Å²) in [5, 5.41) is 11.9. The highest BCUT2D eigenvalue weighted by Gasteiger charge is 2.23. The molecule has 0 fully saturated rings. The first-order valence-corrected chi connectivity index (χ1v) is 14.3. The summed E-state index contributed by atoms with van der Waals surface area (Å²) in [6.45, 7) is 0. The first kappa shape index (κ1) is 23.7. The molecule has 202 valence electrons. The van der Waals surface area contributed by atoms with E-state index in [0.29, 0.717) is 0 Å². The number of para-hydroxylation sites is 2. The van der Waals surface area contributed by atoms with Gasteiger partial charge in [-0.15, -0.1) is 10.2 Å². The minimum absolute atomic E-state index is 0.868. The largest absolute Gasteiger partial charge is 0.309 e. The molecular weight excluding hydrogens is 528 g/mol. The second-order valence-electron chi connectivity index (χ2n) is 10.7. The van der Waals surface area contributed by atoms with E-state index in [1.807, 2.05) is 42.6 Å². The summed E-state index contributed by atoms with van der Waals surface area (Å²) < 4.78 is 2.26. The lowest BCUT2D eigenvalue weighted by Crippen LogP contribution is -2.13. The van der Waals surface area contributed by atoms with Gasteiger partial charge in [0.05, 0.1) is 28.1 Å². The van der Waals surface area contributed by atoms with Crippen molar-refractivity contribution in [3.05, 3.63) is 145 Å². The van der Waals surface area contributed by atoms with Crippen molar-refractivity contribution in [2.75, 3.05) is 4.90 Å². The van der Waals surface area contributed by atoms with E-state index in [4.69, 9.17) is 15.2 Å². The monoisotopic (exact) mass is 552 g/mol. The van der Waals surface area contributed by atoms with Gasteiger partial charge in [0.2, 0.25) is 0 Å². The Morgan fingerprint density at radius 2 is 1.19 bits per heavy atom. The number of aromatic nitrogens is 5. The van der Waals surface area contributed by atoms with Crippen molar-refractivity contribution < 1.29 is 0 Å². The molecular formula is C37H24N6. The molecule has 0 unspecified atom stereocenters. The van der Waals surface area contributed by atoms with Gasteiger partial charge in [0.15, 0.2) is 0 Å². The quantitative estimate of drug-likeness (QED) is 0.220. The Morgan fingerprint density at radius 3 is 2.02 bits per heavy atom. The van der Waals surface area contributed by atoms with Crippen LogP contribution in [0.1, 0.15) is 11.1 Å². The van der Waals surface area contributed by atoms with Crippen LogP contribution in [0.2, 0.25) is 0 Å². The van der Waals surface area contributed by atoms with Crippen molar-refractivity contribution >= 4 is 62.1 Å². The van der Waals surface area contributed by atoms with Gasteiger partial charge >= 0.3 is 0 Å². The van der Waals surface area contributed by atoms with E-state index in [1.165, 1.54) is 10.8 Å². The third-order valence-electron chi connectivity index (χ3n) is 8.19. The van der Waals surface area contributed by atoms with Gasteiger partial charge in [-0.2, -0.15) is 4.80 Å². The van der Waals surface area contributed by atoms with Gasteiger partial charge in [0.1, 0.15) is 16.9 Å². The zero-order valence-corrected chi connectivity index (χ0v) is 23.0. The maximum Gasteiger partial charge on any atom is 0.137 e. The average Bonchev–Trinajstić information content (AvgIpc) is 3.59. The van der Waals surface area contributed by atoms with Crippen LogP contribution < -0.4 is 4.90 Å². The van der Waals surface area contributed by atoms with Crippen molar-refractivity contribution in [3.8, 4) is 11.5 Å². The zero-order chi connectivity index (χ0) is 28.3. The lowest BCUT2D eigenvalue weighted by atomic mass is 10.1. The van der Waals surface area contributed by atoms with Crippen molar-refractivity contribution in [1.82, 2.24) is 24.5 Å². The summed E-state index contributed by atoms with van der Waals surface area (Å²) in [6, 6.07) is 44.2. The second-order valence-corrected chi connectivity index (χ2v) is 10.7. The molecule has 0 N–H and O–H groups in total. The van der Waals surface area contributed by atoms with E-state index in [2.05, 4.69) is 113 Å². The summed E-state index contributed by atoms with van der Waals surface area (Å²) in [6.07, 6.45) is 6.23. The van der Waals surface area contributed by atoms with Crippen LogP contribution in [0.3, 0.4) is 0 Å². The molecule has 0 spiro atoms. The lowest BCUT2D eigenvalue weighted by Gasteiger charge is -2.27. The zero-order valence-electron chi connectivity index (χ0n) is 23.0. The first-order valence-electron chi connectivity index (χ1n) is 14.3. The van der Waals surface area contributed by atoms with Gasteiger partial charge in [-0.05, 0) is 71.8 Å². The molecule has 0 atom stereocenters. The minimum atomic E-state index is 0.868. The average molecular weight is 553 g/mol. The van der Waals surface area contributed by atoms with E-state index in [1.54, 1.807) is 4.80 Å². The molecule has 43 heavy (non-hydrogen) atoms. The van der Waals surface area contributed by atoms with Crippen LogP contribution in [-0.2, 0) is 0 Å². The third-order valence-corrected chi connectivity index (χ3v) is 8.19. The smallest absolute Gasteiger partial charge is 0.137 e. The highest BCUT2D eigenvalue weighted by molar-refractivity contribution is 6.10. The Balaban J connectivity index is 1.30. The molecule has 0 aliphatic carbocycles. The number of rotatable bonds is 3. The number of fused-ring (bicyclic) bond motifs is 6. The number of nitrogens with zero attached hydrogens (tertiary/aromatic N) is 6. The number of hydrogen-bond acceptors (Lipinski definition) is 4. The molecule has 0 bridgehead atoms. The van der Waals surface area contributed by atoms with Gasteiger partial charge in [-0.25, -0.2) is 4.98 Å². The molecule has 0 radical (unpaired) electrons. The first-order chi connectivity index (χ1) is 21.3. The van der Waals surface area contributed by atoms with Gasteiger partial charge in [-0.3, -0.25) is 4.57 Å². The van der Waals surface area contributed by atoms with Crippen LogP contribution in [-0.4, -0.2) is 24.5 Å². The second kappa shape index (κ2) is 9.26. The van der Waals surface area contributed by atoms with E-state index < -0.39 is 0 Å². The Bertz CT molecular complexity index is 2330. The normalized spacial score (nSPS) is 12.5. The number of benzene rings is 5. The van der Waals surface area contributed by atoms with E-state index in [9.17, 15) is 0 Å². The molecule has 9 rings (SSSR count). The van der Waals surface area contributed by atoms with Crippen LogP contribution in [0.4, 0.5) is 17.1 Å². The van der Waals surface area contributed by atoms with Crippen LogP contribution in [0.15, 0.2) is 134 Å². The molecule has 6 heteroatoms. The summed E-state index contributed by atoms with van der Waals surface area (Å²) in [5.41, 5.74) is 10.3. The molecule has 1 aliphatic rings. The summed E-state index contributed by atoms with van der Waals surface area (Å²) >= 11 is 0. The Morgan fingerprint density at radius 1 is 0.488 bits per heavy atom. The fourth-order valence-electron chi connectivity index (χ4n) is 6.22. The maximum absolute atomic E-state index is 4.77. The van der Waals surface area contributed by atoms with Crippen LogP contribution >= 0.6 is 0 Å². The molecule has 6 nitrogen and oxygen atoms in total. The summed E-state index contributed by atoms with van der Waals surface area (Å²) in [5.74, 6) is 0.892. The Hall–Kier alpha value is -6.01. The minimum Gasteiger partial charge on any atom is -0.309 e. The third kappa shape index (κ3) is 3.70. The van der Waals surface area contributed by atoms with Crippen LogP contribution in [0.5, 0.6) is 0 Å². The van der Waals surface area contributed by atoms with Crippen molar-refractivity contribution in [2.24, 2.45) is 0 Å². The highest BCUT2D eigenvalue weighted by Crippen LogP contribution is 2.44. The molecule has 5 aromatic carbocycles. The fourth-order valence-corrected chi connectivity index (χ4v) is 6.22. The molecule has 0 amide bonds. The van der Waals surface area contributed by atoms with E-state index in [0.717, 1.165) is 61.8 Å². The molecule has 1 aliphatic heterocycles. The number of hydrogen-bond donors (Lipinski definition) is 0. The van der Waals surface area contributed by atoms with Crippen molar-refractivity contribution in [1.29, 1.82) is 0 Å². The molecule has 3 aromatic heterocycles. The van der Waals surface area contributed by atoms with E-state index >= 15 is 0 Å². The number of pyridine rings is 1. The highest BCUT2D eigenvalue weighted by atomic mass is 15.5. The van der Waals surface area contributed by atoms with E-state index in [-0.39, 0.29) is 0 Å². The topological polar surface area (TPSA) is 51.8 Å².